The van der Waals surface area contributed by atoms with Crippen LogP contribution >= 0.6 is 11.7 Å². The molecule has 2 N–H and O–H groups in total. The summed E-state index contributed by atoms with van der Waals surface area (Å²) in [6.07, 6.45) is 12.4. The highest BCUT2D eigenvalue weighted by Crippen LogP contribution is 2.24. The van der Waals surface area contributed by atoms with Crippen molar-refractivity contribution in [3.05, 3.63) is 72.4 Å². The molecule has 9 nitrogen and oxygen atoms in total. The second-order valence-electron chi connectivity index (χ2n) is 5.27. The molecule has 0 fully saturated rings. The number of hydrogen-bond donors (Lipinski definition) is 2. The van der Waals surface area contributed by atoms with Gasteiger partial charge < -0.3 is 5.32 Å². The Kier molecular flexibility index (Phi) is 3.07. The van der Waals surface area contributed by atoms with Crippen LogP contribution in [0.4, 0.5) is 0 Å². The molecule has 0 saturated heterocycles. The lowest BCUT2D eigenvalue weighted by atomic mass is 10.2. The van der Waals surface area contributed by atoms with E-state index in [4.69, 9.17) is 0 Å². The number of hydrazine groups is 1. The summed E-state index contributed by atoms with van der Waals surface area (Å²) in [6.45, 7) is 0. The highest BCUT2D eigenvalue weighted by atomic mass is 32.1. The Labute approximate surface area is 145 Å². The predicted octanol–water partition coefficient (Wildman–Crippen LogP) is 0.663. The van der Waals surface area contributed by atoms with E-state index in [1.807, 2.05) is 34.5 Å². The maximum absolute atomic E-state index is 4.59. The van der Waals surface area contributed by atoms with Crippen molar-refractivity contribution in [1.82, 2.24) is 33.9 Å². The molecule has 10 heteroatoms. The van der Waals surface area contributed by atoms with E-state index < -0.39 is 0 Å². The topological polar surface area (TPSA) is 95.1 Å². The Morgan fingerprint density at radius 2 is 2.08 bits per heavy atom. The second kappa shape index (κ2) is 5.53. The zero-order chi connectivity index (χ0) is 16.6. The van der Waals surface area contributed by atoms with Gasteiger partial charge in [0.25, 0.3) is 0 Å². The van der Waals surface area contributed by atoms with Crippen LogP contribution < -0.4 is 16.1 Å². The Hall–Kier alpha value is -3.53. The van der Waals surface area contributed by atoms with Gasteiger partial charge in [-0.15, -0.1) is 0 Å². The highest BCUT2D eigenvalue weighted by Gasteiger charge is 2.24. The van der Waals surface area contributed by atoms with Gasteiger partial charge in [0.15, 0.2) is 5.82 Å². The van der Waals surface area contributed by atoms with Gasteiger partial charge in [-0.25, -0.2) is 20.0 Å². The van der Waals surface area contributed by atoms with Crippen molar-refractivity contribution >= 4 is 28.9 Å². The maximum Gasteiger partial charge on any atom is 0.244 e. The van der Waals surface area contributed by atoms with E-state index in [9.17, 15) is 0 Å². The fraction of sp³-hybridized carbons (Fsp3) is 0. The van der Waals surface area contributed by atoms with Gasteiger partial charge in [-0.1, -0.05) is 0 Å². The average molecular weight is 349 g/mol. The third kappa shape index (κ3) is 2.44. The van der Waals surface area contributed by atoms with Crippen LogP contribution in [0.2, 0.25) is 0 Å². The van der Waals surface area contributed by atoms with E-state index in [1.54, 1.807) is 23.6 Å². The Morgan fingerprint density at radius 3 is 3.00 bits per heavy atom. The standard InChI is InChI=1S/C15H11N9S/c1-3-24-12(8-19-25-24)5-11(1)20-15-21-14-13(10-6-16-9-17-7-10)18-2-4-23(14)22-15/h1-9,18H,(H,21,22). The van der Waals surface area contributed by atoms with Crippen LogP contribution in [-0.4, -0.2) is 29.1 Å². The van der Waals surface area contributed by atoms with Crippen LogP contribution in [0.1, 0.15) is 5.56 Å². The van der Waals surface area contributed by atoms with Crippen LogP contribution in [-0.2, 0) is 0 Å². The van der Waals surface area contributed by atoms with E-state index >= 15 is 0 Å². The zero-order valence-corrected chi connectivity index (χ0v) is 13.6. The van der Waals surface area contributed by atoms with Gasteiger partial charge in [-0.2, -0.15) is 9.37 Å². The number of aromatic nitrogens is 4. The molecule has 2 aliphatic heterocycles. The Bertz CT molecular complexity index is 1110. The van der Waals surface area contributed by atoms with E-state index in [-0.39, 0.29) is 0 Å². The number of nitrogens with one attached hydrogen (secondary N) is 2. The fourth-order valence-corrected chi connectivity index (χ4v) is 3.12. The van der Waals surface area contributed by atoms with E-state index in [0.29, 0.717) is 11.8 Å². The molecule has 0 radical (unpaired) electrons. The molecule has 0 bridgehead atoms. The van der Waals surface area contributed by atoms with E-state index in [2.05, 4.69) is 35.1 Å². The van der Waals surface area contributed by atoms with Gasteiger partial charge in [0.2, 0.25) is 5.96 Å². The summed E-state index contributed by atoms with van der Waals surface area (Å²) in [7, 11) is 0. The SMILES string of the molecule is C1=CN2NC(N=c3ccn4sncc4c3)=NC2=C(c2cncnc2)N1. The first kappa shape index (κ1) is 13.9. The molecule has 0 spiro atoms. The summed E-state index contributed by atoms with van der Waals surface area (Å²) in [5.74, 6) is 1.22. The number of aliphatic imine (C=N–C) groups is 1. The molecule has 0 amide bonds. The molecule has 3 aromatic rings. The molecule has 0 saturated carbocycles. The van der Waals surface area contributed by atoms with Crippen LogP contribution in [0.15, 0.2) is 71.5 Å². The molecule has 0 aromatic carbocycles. The smallest absolute Gasteiger partial charge is 0.244 e. The third-order valence-electron chi connectivity index (χ3n) is 3.67. The predicted molar refractivity (Wildman–Crippen MR) is 92.3 cm³/mol. The van der Waals surface area contributed by atoms with Crippen LogP contribution in [0.3, 0.4) is 0 Å². The van der Waals surface area contributed by atoms with Crippen molar-refractivity contribution in [1.29, 1.82) is 0 Å². The molecule has 0 atom stereocenters. The summed E-state index contributed by atoms with van der Waals surface area (Å²) >= 11 is 1.39. The average Bonchev–Trinajstić information content (AvgIpc) is 3.27. The lowest BCUT2D eigenvalue weighted by Gasteiger charge is -2.21. The van der Waals surface area contributed by atoms with Crippen molar-refractivity contribution in [2.45, 2.75) is 0 Å². The Morgan fingerprint density at radius 1 is 1.16 bits per heavy atom. The number of nitrogens with zero attached hydrogens (tertiary/aromatic N) is 7. The van der Waals surface area contributed by atoms with Gasteiger partial charge >= 0.3 is 0 Å². The lowest BCUT2D eigenvalue weighted by Crippen LogP contribution is -2.34. The van der Waals surface area contributed by atoms with Gasteiger partial charge in [0, 0.05) is 36.6 Å². The molecular weight excluding hydrogens is 338 g/mol. The van der Waals surface area contributed by atoms with Crippen molar-refractivity contribution in [3.8, 4) is 0 Å². The minimum absolute atomic E-state index is 0.505. The number of hydrogen-bond acceptors (Lipinski definition) is 9. The third-order valence-corrected chi connectivity index (χ3v) is 4.38. The van der Waals surface area contributed by atoms with Crippen molar-refractivity contribution < 1.29 is 0 Å². The monoisotopic (exact) mass is 349 g/mol. The highest BCUT2D eigenvalue weighted by molar-refractivity contribution is 7.00. The zero-order valence-electron chi connectivity index (χ0n) is 12.7. The molecular formula is C15H11N9S. The maximum atomic E-state index is 4.59. The number of rotatable bonds is 1. The normalized spacial score (nSPS) is 16.7. The second-order valence-corrected chi connectivity index (χ2v) is 6.03. The van der Waals surface area contributed by atoms with Crippen LogP contribution in [0.25, 0.3) is 11.2 Å². The van der Waals surface area contributed by atoms with Gasteiger partial charge in [-0.05, 0) is 12.1 Å². The molecule has 25 heavy (non-hydrogen) atoms. The molecule has 0 unspecified atom stereocenters. The van der Waals surface area contributed by atoms with Gasteiger partial charge in [0.1, 0.15) is 6.33 Å². The van der Waals surface area contributed by atoms with Gasteiger partial charge in [-0.3, -0.25) is 9.22 Å². The van der Waals surface area contributed by atoms with Crippen LogP contribution in [0.5, 0.6) is 0 Å². The van der Waals surface area contributed by atoms with Crippen molar-refractivity contribution in [2.24, 2.45) is 9.98 Å². The molecule has 5 heterocycles. The summed E-state index contributed by atoms with van der Waals surface area (Å²) < 4.78 is 6.12. The number of guanidine groups is 1. The van der Waals surface area contributed by atoms with Gasteiger partial charge in [0.05, 0.1) is 34.5 Å². The molecule has 0 aliphatic carbocycles. The number of pyridine rings is 1. The Balaban J connectivity index is 1.57. The first-order chi connectivity index (χ1) is 12.4. The summed E-state index contributed by atoms with van der Waals surface area (Å²) in [4.78, 5) is 17.3. The minimum Gasteiger partial charge on any atom is -0.357 e. The molecule has 2 aliphatic rings. The van der Waals surface area contributed by atoms with E-state index in [0.717, 1.165) is 22.1 Å². The largest absolute Gasteiger partial charge is 0.357 e. The fourth-order valence-electron chi connectivity index (χ4n) is 2.56. The minimum atomic E-state index is 0.505. The first-order valence-corrected chi connectivity index (χ1v) is 8.16. The summed E-state index contributed by atoms with van der Waals surface area (Å²) in [5, 5.41) is 5.79. The lowest BCUT2D eigenvalue weighted by molar-refractivity contribution is 0.432. The molecule has 122 valence electrons. The van der Waals surface area contributed by atoms with Crippen molar-refractivity contribution in [2.75, 3.05) is 0 Å². The quantitative estimate of drug-likeness (QED) is 0.670. The molecule has 5 rings (SSSR count). The van der Waals surface area contributed by atoms with Crippen LogP contribution in [0, 0.1) is 0 Å². The van der Waals surface area contributed by atoms with E-state index in [1.165, 1.54) is 18.1 Å². The number of fused-ring (bicyclic) bond motifs is 2. The summed E-state index contributed by atoms with van der Waals surface area (Å²) in [6, 6.07) is 3.88. The molecule has 3 aromatic heterocycles. The summed E-state index contributed by atoms with van der Waals surface area (Å²) in [5.41, 5.74) is 5.81. The first-order valence-electron chi connectivity index (χ1n) is 7.43. The van der Waals surface area contributed by atoms with Crippen molar-refractivity contribution in [3.63, 3.8) is 0 Å².